The largest absolute Gasteiger partial charge is 0.462 e. The number of carbonyl (C=O) groups excluding carboxylic acids is 1. The number of likely N-dealkylation sites (N-methyl/N-ethyl adjacent to an activating group) is 1. The number of hydrogen-bond donors (Lipinski definition) is 0. The number of nitrogens with zero attached hydrogens (tertiary/aromatic N) is 3. The molecule has 0 radical (unpaired) electrons. The first-order valence-electron chi connectivity index (χ1n) is 10.2. The van der Waals surface area contributed by atoms with Gasteiger partial charge in [0.25, 0.3) is 0 Å². The first-order valence-corrected chi connectivity index (χ1v) is 10.2. The number of piperazine rings is 1. The van der Waals surface area contributed by atoms with Crippen molar-refractivity contribution in [1.82, 2.24) is 9.88 Å². The highest BCUT2D eigenvalue weighted by molar-refractivity contribution is 5.93. The summed E-state index contributed by atoms with van der Waals surface area (Å²) in [5, 5.41) is 0. The quantitative estimate of drug-likeness (QED) is 0.466. The summed E-state index contributed by atoms with van der Waals surface area (Å²) < 4.78 is 5.80. The van der Waals surface area contributed by atoms with Crippen LogP contribution < -0.4 is 4.90 Å². The smallest absolute Gasteiger partial charge is 0.153 e. The molecule has 0 aliphatic carbocycles. The number of pyridine rings is 1. The molecule has 0 saturated carbocycles. The normalized spacial score (nSPS) is 14.9. The molecule has 5 nitrogen and oxygen atoms in total. The van der Waals surface area contributed by atoms with Gasteiger partial charge in [-0.15, -0.1) is 0 Å². The Morgan fingerprint density at radius 1 is 0.933 bits per heavy atom. The summed E-state index contributed by atoms with van der Waals surface area (Å²) in [5.41, 5.74) is 7.40. The van der Waals surface area contributed by atoms with Gasteiger partial charge in [-0.3, -0.25) is 9.78 Å². The van der Waals surface area contributed by atoms with Crippen molar-refractivity contribution in [3.8, 4) is 22.3 Å². The molecule has 5 rings (SSSR count). The van der Waals surface area contributed by atoms with Crippen molar-refractivity contribution < 1.29 is 9.21 Å². The second-order valence-electron chi connectivity index (χ2n) is 7.80. The van der Waals surface area contributed by atoms with Crippen LogP contribution in [0.5, 0.6) is 0 Å². The van der Waals surface area contributed by atoms with Gasteiger partial charge in [0.2, 0.25) is 0 Å². The summed E-state index contributed by atoms with van der Waals surface area (Å²) in [6, 6.07) is 18.2. The summed E-state index contributed by atoms with van der Waals surface area (Å²) in [5.74, 6) is 0. The van der Waals surface area contributed by atoms with E-state index in [1.54, 1.807) is 12.3 Å². The molecule has 4 aromatic rings. The van der Waals surface area contributed by atoms with E-state index in [1.165, 1.54) is 5.69 Å². The van der Waals surface area contributed by atoms with Crippen LogP contribution in [-0.2, 0) is 0 Å². The molecule has 2 aromatic carbocycles. The fourth-order valence-electron chi connectivity index (χ4n) is 3.99. The molecule has 3 heterocycles. The Balaban J connectivity index is 1.42. The lowest BCUT2D eigenvalue weighted by atomic mass is 10.0. The first kappa shape index (κ1) is 18.6. The van der Waals surface area contributed by atoms with Crippen LogP contribution in [0.2, 0.25) is 0 Å². The van der Waals surface area contributed by atoms with Crippen LogP contribution in [0.1, 0.15) is 10.4 Å². The van der Waals surface area contributed by atoms with Gasteiger partial charge >= 0.3 is 0 Å². The van der Waals surface area contributed by atoms with E-state index in [0.29, 0.717) is 5.56 Å². The van der Waals surface area contributed by atoms with Crippen LogP contribution in [0.25, 0.3) is 33.4 Å². The maximum absolute atomic E-state index is 11.1. The number of rotatable bonds is 4. The minimum Gasteiger partial charge on any atom is -0.462 e. The van der Waals surface area contributed by atoms with Crippen LogP contribution in [0, 0.1) is 0 Å². The summed E-state index contributed by atoms with van der Waals surface area (Å²) in [4.78, 5) is 20.5. The molecule has 5 heteroatoms. The minimum absolute atomic E-state index is 0.638. The van der Waals surface area contributed by atoms with E-state index in [9.17, 15) is 4.79 Å². The third kappa shape index (κ3) is 3.48. The molecule has 2 aromatic heterocycles. The van der Waals surface area contributed by atoms with Gasteiger partial charge < -0.3 is 14.2 Å². The Bertz CT molecular complexity index is 1190. The number of aldehydes is 1. The Morgan fingerprint density at radius 2 is 1.73 bits per heavy atom. The van der Waals surface area contributed by atoms with E-state index in [-0.39, 0.29) is 0 Å². The van der Waals surface area contributed by atoms with Gasteiger partial charge in [0.1, 0.15) is 18.1 Å². The highest BCUT2D eigenvalue weighted by Gasteiger charge is 2.15. The molecule has 1 fully saturated rings. The summed E-state index contributed by atoms with van der Waals surface area (Å²) in [7, 11) is 2.17. The highest BCUT2D eigenvalue weighted by Crippen LogP contribution is 2.32. The molecule has 150 valence electrons. The lowest BCUT2D eigenvalue weighted by Crippen LogP contribution is -2.44. The van der Waals surface area contributed by atoms with E-state index < -0.39 is 0 Å². The van der Waals surface area contributed by atoms with Crippen LogP contribution >= 0.6 is 0 Å². The molecule has 1 aliphatic heterocycles. The second-order valence-corrected chi connectivity index (χ2v) is 7.80. The third-order valence-corrected chi connectivity index (χ3v) is 5.81. The Hall–Kier alpha value is -3.44. The molecule has 1 aliphatic rings. The van der Waals surface area contributed by atoms with Crippen molar-refractivity contribution >= 4 is 23.1 Å². The first-order chi connectivity index (χ1) is 14.7. The maximum atomic E-state index is 11.1. The molecular formula is C25H23N3O2. The Labute approximate surface area is 175 Å². The van der Waals surface area contributed by atoms with Crippen molar-refractivity contribution in [3.63, 3.8) is 0 Å². The number of benzene rings is 2. The van der Waals surface area contributed by atoms with E-state index >= 15 is 0 Å². The zero-order valence-electron chi connectivity index (χ0n) is 16.9. The molecule has 0 atom stereocenters. The number of furan rings is 1. The fraction of sp³-hybridized carbons (Fsp3) is 0.200. The predicted octanol–water partition coefficient (Wildman–Crippen LogP) is 4.73. The number of anilines is 1. The standard InChI is InChI=1S/C25H23N3O2/c1-27-9-11-28(12-10-27)22-7-5-19(6-8-22)21-14-24-25(26-15-21)23(17-30-24)20-4-2-3-18(13-20)16-29/h2-8,13-17H,9-12H2,1H3. The molecule has 0 spiro atoms. The summed E-state index contributed by atoms with van der Waals surface area (Å²) in [6.45, 7) is 4.31. The highest BCUT2D eigenvalue weighted by atomic mass is 16.3. The van der Waals surface area contributed by atoms with Crippen molar-refractivity contribution in [2.75, 3.05) is 38.1 Å². The molecule has 30 heavy (non-hydrogen) atoms. The van der Waals surface area contributed by atoms with Gasteiger partial charge in [-0.05, 0) is 42.4 Å². The molecule has 0 unspecified atom stereocenters. The SMILES string of the molecule is CN1CCN(c2ccc(-c3cnc4c(-c5cccc(C=O)c5)coc4c3)cc2)CC1. The average Bonchev–Trinajstić information content (AvgIpc) is 3.23. The number of aromatic nitrogens is 1. The van der Waals surface area contributed by atoms with Crippen LogP contribution in [-0.4, -0.2) is 49.4 Å². The minimum atomic E-state index is 0.638. The van der Waals surface area contributed by atoms with Gasteiger partial charge in [0.05, 0.1) is 0 Å². The molecule has 0 amide bonds. The third-order valence-electron chi connectivity index (χ3n) is 5.81. The van der Waals surface area contributed by atoms with Gasteiger partial charge in [-0.2, -0.15) is 0 Å². The van der Waals surface area contributed by atoms with Crippen LogP contribution in [0.4, 0.5) is 5.69 Å². The van der Waals surface area contributed by atoms with E-state index in [2.05, 4.69) is 46.1 Å². The Kier molecular flexibility index (Phi) is 4.81. The topological polar surface area (TPSA) is 49.6 Å². The second kappa shape index (κ2) is 7.76. The van der Waals surface area contributed by atoms with E-state index in [0.717, 1.165) is 65.8 Å². The average molecular weight is 397 g/mol. The predicted molar refractivity (Wildman–Crippen MR) is 120 cm³/mol. The van der Waals surface area contributed by atoms with Crippen LogP contribution in [0.15, 0.2) is 71.5 Å². The fourth-order valence-corrected chi connectivity index (χ4v) is 3.99. The zero-order valence-corrected chi connectivity index (χ0v) is 16.9. The zero-order chi connectivity index (χ0) is 20.5. The van der Waals surface area contributed by atoms with Crippen molar-refractivity contribution in [2.24, 2.45) is 0 Å². The lowest BCUT2D eigenvalue weighted by molar-refractivity contribution is 0.112. The van der Waals surface area contributed by atoms with E-state index in [4.69, 9.17) is 4.42 Å². The van der Waals surface area contributed by atoms with Gasteiger partial charge in [0, 0.05) is 54.8 Å². The number of fused-ring (bicyclic) bond motifs is 1. The van der Waals surface area contributed by atoms with Gasteiger partial charge in [-0.1, -0.05) is 30.3 Å². The summed E-state index contributed by atoms with van der Waals surface area (Å²) in [6.07, 6.45) is 4.45. The maximum Gasteiger partial charge on any atom is 0.153 e. The van der Waals surface area contributed by atoms with Gasteiger partial charge in [-0.25, -0.2) is 0 Å². The van der Waals surface area contributed by atoms with E-state index in [1.807, 2.05) is 30.5 Å². The molecule has 0 N–H and O–H groups in total. The lowest BCUT2D eigenvalue weighted by Gasteiger charge is -2.34. The summed E-state index contributed by atoms with van der Waals surface area (Å²) >= 11 is 0. The van der Waals surface area contributed by atoms with Crippen molar-refractivity contribution in [3.05, 3.63) is 72.6 Å². The number of hydrogen-bond acceptors (Lipinski definition) is 5. The molecule has 1 saturated heterocycles. The monoisotopic (exact) mass is 397 g/mol. The van der Waals surface area contributed by atoms with Crippen molar-refractivity contribution in [1.29, 1.82) is 0 Å². The Morgan fingerprint density at radius 3 is 2.50 bits per heavy atom. The van der Waals surface area contributed by atoms with Crippen molar-refractivity contribution in [2.45, 2.75) is 0 Å². The van der Waals surface area contributed by atoms with Gasteiger partial charge in [0.15, 0.2) is 5.58 Å². The molecule has 0 bridgehead atoms. The molecular weight excluding hydrogens is 374 g/mol. The number of carbonyl (C=O) groups is 1. The van der Waals surface area contributed by atoms with Crippen LogP contribution in [0.3, 0.4) is 0 Å².